The van der Waals surface area contributed by atoms with Gasteiger partial charge in [0.2, 0.25) is 0 Å². The second-order valence-electron chi connectivity index (χ2n) is 11.5. The SMILES string of the molecule is CC1(C)[SiH2]C(C)(C)C(C2CCC3OC3C2)CCC1C1CCC2OC2C1. The molecule has 5 rings (SSSR count). The third-order valence-electron chi connectivity index (χ3n) is 8.93. The lowest BCUT2D eigenvalue weighted by Gasteiger charge is -2.44. The summed E-state index contributed by atoms with van der Waals surface area (Å²) < 4.78 is 11.7. The number of epoxide rings is 2. The van der Waals surface area contributed by atoms with Crippen molar-refractivity contribution in [2.75, 3.05) is 0 Å². The average molecular weight is 363 g/mol. The van der Waals surface area contributed by atoms with Crippen LogP contribution in [0.3, 0.4) is 0 Å². The monoisotopic (exact) mass is 362 g/mol. The lowest BCUT2D eigenvalue weighted by Crippen LogP contribution is -2.37. The fourth-order valence-electron chi connectivity index (χ4n) is 7.93. The Bertz CT molecular complexity index is 484. The molecule has 2 aliphatic carbocycles. The molecule has 0 radical (unpaired) electrons. The van der Waals surface area contributed by atoms with Crippen molar-refractivity contribution >= 4 is 9.52 Å². The molecule has 25 heavy (non-hydrogen) atoms. The molecule has 3 saturated heterocycles. The van der Waals surface area contributed by atoms with Crippen molar-refractivity contribution < 1.29 is 9.47 Å². The van der Waals surface area contributed by atoms with Crippen molar-refractivity contribution in [3.05, 3.63) is 0 Å². The topological polar surface area (TPSA) is 25.1 Å². The van der Waals surface area contributed by atoms with E-state index in [1.54, 1.807) is 0 Å². The molecule has 0 spiro atoms. The molecule has 0 aromatic rings. The summed E-state index contributed by atoms with van der Waals surface area (Å²) in [5.41, 5.74) is 0. The minimum Gasteiger partial charge on any atom is -0.370 e. The van der Waals surface area contributed by atoms with Gasteiger partial charge in [0, 0.05) is 9.52 Å². The molecule has 0 bridgehead atoms. The molecule has 142 valence electrons. The maximum atomic E-state index is 5.87. The van der Waals surface area contributed by atoms with Gasteiger partial charge in [-0.05, 0) is 85.1 Å². The molecule has 8 atom stereocenters. The van der Waals surface area contributed by atoms with Gasteiger partial charge in [0.05, 0.1) is 24.4 Å². The number of rotatable bonds is 2. The van der Waals surface area contributed by atoms with E-state index in [9.17, 15) is 0 Å². The maximum absolute atomic E-state index is 5.87. The fourth-order valence-corrected chi connectivity index (χ4v) is 11.9. The first-order chi connectivity index (χ1) is 11.8. The molecule has 0 N–H and O–H groups in total. The maximum Gasteiger partial charge on any atom is 0.0844 e. The summed E-state index contributed by atoms with van der Waals surface area (Å²) >= 11 is 0. The van der Waals surface area contributed by atoms with E-state index in [2.05, 4.69) is 27.7 Å². The Hall–Kier alpha value is 0.137. The fraction of sp³-hybridized carbons (Fsp3) is 1.00. The van der Waals surface area contributed by atoms with E-state index < -0.39 is 0 Å². The minimum absolute atomic E-state index is 0.143. The number of fused-ring (bicyclic) bond motifs is 2. The van der Waals surface area contributed by atoms with E-state index in [-0.39, 0.29) is 9.52 Å². The Balaban J connectivity index is 1.34. The highest BCUT2D eigenvalue weighted by molar-refractivity contribution is 6.44. The Labute approximate surface area is 156 Å². The Morgan fingerprint density at radius 3 is 1.44 bits per heavy atom. The highest BCUT2D eigenvalue weighted by Gasteiger charge is 2.53. The smallest absolute Gasteiger partial charge is 0.0844 e. The lowest BCUT2D eigenvalue weighted by atomic mass is 9.68. The van der Waals surface area contributed by atoms with Gasteiger partial charge in [0.1, 0.15) is 0 Å². The molecule has 3 aliphatic heterocycles. The summed E-state index contributed by atoms with van der Waals surface area (Å²) in [5.74, 6) is 3.82. The zero-order valence-corrected chi connectivity index (χ0v) is 18.2. The van der Waals surface area contributed by atoms with Crippen LogP contribution in [0.4, 0.5) is 0 Å². The van der Waals surface area contributed by atoms with E-state index in [1.165, 1.54) is 51.4 Å². The first kappa shape index (κ1) is 17.2. The molecule has 0 aromatic carbocycles. The zero-order chi connectivity index (χ0) is 17.4. The van der Waals surface area contributed by atoms with Gasteiger partial charge in [-0.15, -0.1) is 0 Å². The normalized spacial score (nSPS) is 54.2. The second-order valence-corrected chi connectivity index (χ2v) is 15.5. The summed E-state index contributed by atoms with van der Waals surface area (Å²) in [5, 5.41) is 1.22. The number of hydrogen-bond acceptors (Lipinski definition) is 2. The summed E-state index contributed by atoms with van der Waals surface area (Å²) in [6, 6.07) is 0. The van der Waals surface area contributed by atoms with Crippen molar-refractivity contribution in [2.45, 2.75) is 114 Å². The van der Waals surface area contributed by atoms with E-state index in [1.807, 2.05) is 0 Å². The molecule has 3 heteroatoms. The van der Waals surface area contributed by atoms with Crippen molar-refractivity contribution in [1.29, 1.82) is 0 Å². The van der Waals surface area contributed by atoms with Crippen molar-refractivity contribution in [3.8, 4) is 0 Å². The van der Waals surface area contributed by atoms with Crippen LogP contribution < -0.4 is 0 Å². The van der Waals surface area contributed by atoms with Crippen LogP contribution in [0.1, 0.15) is 79.1 Å². The van der Waals surface area contributed by atoms with Crippen LogP contribution in [0.25, 0.3) is 0 Å². The molecular weight excluding hydrogens is 324 g/mol. The van der Waals surface area contributed by atoms with Crippen molar-refractivity contribution in [1.82, 2.24) is 0 Å². The van der Waals surface area contributed by atoms with E-state index >= 15 is 0 Å². The Kier molecular flexibility index (Phi) is 4.01. The summed E-state index contributed by atoms with van der Waals surface area (Å²) in [6.45, 7) is 10.6. The van der Waals surface area contributed by atoms with Crippen LogP contribution in [-0.4, -0.2) is 33.9 Å². The molecule has 2 saturated carbocycles. The predicted molar refractivity (Wildman–Crippen MR) is 105 cm³/mol. The molecule has 5 fully saturated rings. The standard InChI is InChI=1S/C22H38O2Si/c1-21(2)15(13-5-9-17-19(11-13)23-17)7-8-16(22(3,4)25-21)14-6-10-18-20(12-14)24-18/h13-20H,5-12,25H2,1-4H3. The first-order valence-electron chi connectivity index (χ1n) is 11.1. The van der Waals surface area contributed by atoms with Crippen LogP contribution in [-0.2, 0) is 9.47 Å². The predicted octanol–water partition coefficient (Wildman–Crippen LogP) is 4.71. The average Bonchev–Trinajstić information content (AvgIpc) is 3.41. The first-order valence-corrected chi connectivity index (χ1v) is 12.6. The highest BCUT2D eigenvalue weighted by atomic mass is 28.2. The van der Waals surface area contributed by atoms with Crippen molar-refractivity contribution in [3.63, 3.8) is 0 Å². The van der Waals surface area contributed by atoms with Crippen LogP contribution in [0.15, 0.2) is 0 Å². The molecule has 8 unspecified atom stereocenters. The largest absolute Gasteiger partial charge is 0.370 e. The van der Waals surface area contributed by atoms with Crippen molar-refractivity contribution in [2.24, 2.45) is 23.7 Å². The van der Waals surface area contributed by atoms with Crippen LogP contribution in [0.5, 0.6) is 0 Å². The summed E-state index contributed by atoms with van der Waals surface area (Å²) in [4.78, 5) is 0. The van der Waals surface area contributed by atoms with Gasteiger partial charge >= 0.3 is 0 Å². The van der Waals surface area contributed by atoms with Gasteiger partial charge in [-0.25, -0.2) is 0 Å². The van der Waals surface area contributed by atoms with Gasteiger partial charge in [-0.2, -0.15) is 0 Å². The van der Waals surface area contributed by atoms with Crippen LogP contribution >= 0.6 is 0 Å². The molecular formula is C22H38O2Si. The summed E-state index contributed by atoms with van der Waals surface area (Å²) in [6.07, 6.45) is 13.9. The molecule has 2 nitrogen and oxygen atoms in total. The lowest BCUT2D eigenvalue weighted by molar-refractivity contribution is 0.171. The van der Waals surface area contributed by atoms with Gasteiger partial charge < -0.3 is 9.47 Å². The Morgan fingerprint density at radius 2 is 1.04 bits per heavy atom. The van der Waals surface area contributed by atoms with E-state index in [4.69, 9.17) is 9.47 Å². The molecule has 5 aliphatic rings. The third kappa shape index (κ3) is 3.16. The zero-order valence-electron chi connectivity index (χ0n) is 16.8. The van der Waals surface area contributed by atoms with Gasteiger partial charge in [0.15, 0.2) is 0 Å². The summed E-state index contributed by atoms with van der Waals surface area (Å²) in [7, 11) is -0.143. The van der Waals surface area contributed by atoms with E-state index in [0.29, 0.717) is 34.5 Å². The second kappa shape index (κ2) is 5.82. The quantitative estimate of drug-likeness (QED) is 0.525. The Morgan fingerprint density at radius 1 is 0.600 bits per heavy atom. The van der Waals surface area contributed by atoms with Gasteiger partial charge in [-0.1, -0.05) is 27.7 Å². The van der Waals surface area contributed by atoms with Crippen LogP contribution in [0, 0.1) is 23.7 Å². The molecule has 0 amide bonds. The third-order valence-corrected chi connectivity index (χ3v) is 11.8. The molecule has 3 heterocycles. The van der Waals surface area contributed by atoms with Crippen LogP contribution in [0.2, 0.25) is 10.1 Å². The minimum atomic E-state index is -0.143. The highest BCUT2D eigenvalue weighted by Crippen LogP contribution is 2.60. The van der Waals surface area contributed by atoms with E-state index in [0.717, 1.165) is 23.7 Å². The molecule has 0 aromatic heterocycles. The number of ether oxygens (including phenoxy) is 2. The number of hydrogen-bond donors (Lipinski definition) is 0. The van der Waals surface area contributed by atoms with Gasteiger partial charge in [-0.3, -0.25) is 0 Å². The van der Waals surface area contributed by atoms with Gasteiger partial charge in [0.25, 0.3) is 0 Å².